The van der Waals surface area contributed by atoms with Crippen LogP contribution in [0.3, 0.4) is 0 Å². The molecule has 0 bridgehead atoms. The van der Waals surface area contributed by atoms with Crippen LogP contribution in [0.15, 0.2) is 24.3 Å². The molecule has 1 aliphatic rings. The van der Waals surface area contributed by atoms with E-state index in [4.69, 9.17) is 4.74 Å². The number of ether oxygens (including phenoxy) is 1. The van der Waals surface area contributed by atoms with Crippen LogP contribution in [0, 0.1) is 0 Å². The molecule has 0 aliphatic carbocycles. The Bertz CT molecular complexity index is 335. The van der Waals surface area contributed by atoms with Crippen LogP contribution < -0.4 is 4.74 Å². The molecule has 1 heterocycles. The summed E-state index contributed by atoms with van der Waals surface area (Å²) in [6.45, 7) is 0. The van der Waals surface area contributed by atoms with E-state index < -0.39 is 6.36 Å². The molecule has 0 saturated heterocycles. The van der Waals surface area contributed by atoms with Gasteiger partial charge in [-0.1, -0.05) is 12.1 Å². The predicted octanol–water partition coefficient (Wildman–Crippen LogP) is 2.34. The fraction of sp³-hybridized carbons (Fsp3) is 0.300. The van der Waals surface area contributed by atoms with Gasteiger partial charge in [0.2, 0.25) is 6.36 Å². The monoisotopic (exact) mass is 180 g/mol. The molecule has 0 saturated carbocycles. The van der Waals surface area contributed by atoms with E-state index in [1.807, 2.05) is 0 Å². The minimum absolute atomic E-state index is 0.0456. The van der Waals surface area contributed by atoms with Crippen molar-refractivity contribution < 1.29 is 13.9 Å². The van der Waals surface area contributed by atoms with Gasteiger partial charge in [-0.05, 0) is 12.1 Å². The van der Waals surface area contributed by atoms with Crippen LogP contribution in [0.5, 0.6) is 5.75 Å². The van der Waals surface area contributed by atoms with E-state index in [2.05, 4.69) is 0 Å². The Kier molecular flexibility index (Phi) is 2.00. The third kappa shape index (κ3) is 1.54. The summed E-state index contributed by atoms with van der Waals surface area (Å²) >= 11 is 0. The number of rotatable bonds is 0. The van der Waals surface area contributed by atoms with Gasteiger partial charge < -0.3 is 4.74 Å². The van der Waals surface area contributed by atoms with Gasteiger partial charge in [-0.25, -0.2) is 4.39 Å². The first-order valence-corrected chi connectivity index (χ1v) is 4.20. The first-order chi connectivity index (χ1) is 6.27. The topological polar surface area (TPSA) is 26.3 Å². The maximum absolute atomic E-state index is 12.9. The molecule has 2 rings (SSSR count). The van der Waals surface area contributed by atoms with Crippen molar-refractivity contribution in [1.29, 1.82) is 0 Å². The van der Waals surface area contributed by atoms with Gasteiger partial charge in [-0.2, -0.15) is 0 Å². The average Bonchev–Trinajstić information content (AvgIpc) is 2.27. The summed E-state index contributed by atoms with van der Waals surface area (Å²) in [6, 6.07) is 6.75. The van der Waals surface area contributed by atoms with Crippen molar-refractivity contribution in [3.63, 3.8) is 0 Å². The molecule has 1 atom stereocenters. The van der Waals surface area contributed by atoms with E-state index in [1.54, 1.807) is 24.3 Å². The molecular formula is C10H9FO2. The summed E-state index contributed by atoms with van der Waals surface area (Å²) in [5.41, 5.74) is 0.489. The highest BCUT2D eigenvalue weighted by atomic mass is 19.1. The Balaban J connectivity index is 2.43. The van der Waals surface area contributed by atoms with Gasteiger partial charge in [-0.15, -0.1) is 0 Å². The Morgan fingerprint density at radius 2 is 2.15 bits per heavy atom. The van der Waals surface area contributed by atoms with Crippen molar-refractivity contribution in [3.8, 4) is 5.75 Å². The lowest BCUT2D eigenvalue weighted by Gasteiger charge is -2.07. The largest absolute Gasteiger partial charge is 0.460 e. The quantitative estimate of drug-likeness (QED) is 0.612. The van der Waals surface area contributed by atoms with Crippen molar-refractivity contribution in [2.45, 2.75) is 19.2 Å². The van der Waals surface area contributed by atoms with Crippen LogP contribution in [-0.2, 0) is 0 Å². The summed E-state index contributed by atoms with van der Waals surface area (Å²) < 4.78 is 17.9. The summed E-state index contributed by atoms with van der Waals surface area (Å²) in [4.78, 5) is 11.4. The Labute approximate surface area is 75.3 Å². The van der Waals surface area contributed by atoms with Crippen LogP contribution in [0.4, 0.5) is 4.39 Å². The molecule has 1 aromatic rings. The second kappa shape index (κ2) is 3.17. The molecule has 2 nitrogen and oxygen atoms in total. The zero-order chi connectivity index (χ0) is 9.26. The molecule has 1 aromatic carbocycles. The first-order valence-electron chi connectivity index (χ1n) is 4.20. The summed E-state index contributed by atoms with van der Waals surface area (Å²) in [7, 11) is 0. The molecule has 0 aromatic heterocycles. The molecule has 1 aliphatic heterocycles. The predicted molar refractivity (Wildman–Crippen MR) is 45.5 cm³/mol. The van der Waals surface area contributed by atoms with Crippen LogP contribution in [0.1, 0.15) is 23.2 Å². The number of alkyl halides is 1. The highest BCUT2D eigenvalue weighted by Gasteiger charge is 2.21. The number of carbonyl (C=O) groups excluding carboxylic acids is 1. The van der Waals surface area contributed by atoms with E-state index in [-0.39, 0.29) is 18.6 Å². The zero-order valence-corrected chi connectivity index (χ0v) is 7.00. The van der Waals surface area contributed by atoms with Gasteiger partial charge in [0.1, 0.15) is 5.75 Å². The Morgan fingerprint density at radius 3 is 3.00 bits per heavy atom. The maximum atomic E-state index is 12.9. The Morgan fingerprint density at radius 1 is 1.38 bits per heavy atom. The van der Waals surface area contributed by atoms with Gasteiger partial charge in [-0.3, -0.25) is 4.79 Å². The number of ketones is 1. The summed E-state index contributed by atoms with van der Waals surface area (Å²) in [5.74, 6) is 0.313. The smallest absolute Gasteiger partial charge is 0.239 e. The molecule has 0 fully saturated rings. The number of hydrogen-bond acceptors (Lipinski definition) is 2. The van der Waals surface area contributed by atoms with Gasteiger partial charge in [0.15, 0.2) is 5.78 Å². The number of fused-ring (bicyclic) bond motifs is 1. The van der Waals surface area contributed by atoms with E-state index in [0.717, 1.165) is 0 Å². The van der Waals surface area contributed by atoms with E-state index in [9.17, 15) is 9.18 Å². The Hall–Kier alpha value is -1.38. The summed E-state index contributed by atoms with van der Waals surface area (Å²) in [6.07, 6.45) is -0.987. The van der Waals surface area contributed by atoms with Crippen LogP contribution >= 0.6 is 0 Å². The average molecular weight is 180 g/mol. The standard InChI is InChI=1S/C10H9FO2/c11-10-6-5-8(12)7-3-1-2-4-9(7)13-10/h1-4,10H,5-6H2. The van der Waals surface area contributed by atoms with Gasteiger partial charge in [0, 0.05) is 12.8 Å². The van der Waals surface area contributed by atoms with Gasteiger partial charge in [0.25, 0.3) is 0 Å². The van der Waals surface area contributed by atoms with Crippen molar-refractivity contribution >= 4 is 5.78 Å². The van der Waals surface area contributed by atoms with E-state index in [0.29, 0.717) is 11.3 Å². The van der Waals surface area contributed by atoms with Crippen LogP contribution in [-0.4, -0.2) is 12.1 Å². The lowest BCUT2D eigenvalue weighted by molar-refractivity contribution is 0.0611. The highest BCUT2D eigenvalue weighted by molar-refractivity contribution is 5.98. The lowest BCUT2D eigenvalue weighted by Crippen LogP contribution is -2.07. The second-order valence-corrected chi connectivity index (χ2v) is 2.99. The number of carbonyl (C=O) groups is 1. The minimum Gasteiger partial charge on any atom is -0.460 e. The van der Waals surface area contributed by atoms with Gasteiger partial charge in [0.05, 0.1) is 5.56 Å². The lowest BCUT2D eigenvalue weighted by atomic mass is 10.1. The molecule has 3 heteroatoms. The third-order valence-electron chi connectivity index (χ3n) is 2.04. The molecule has 0 amide bonds. The molecule has 1 unspecified atom stereocenters. The van der Waals surface area contributed by atoms with Crippen LogP contribution in [0.2, 0.25) is 0 Å². The zero-order valence-electron chi connectivity index (χ0n) is 7.00. The number of Topliss-reactive ketones (excluding diaryl/α,β-unsaturated/α-hetero) is 1. The molecule has 0 radical (unpaired) electrons. The molecular weight excluding hydrogens is 171 g/mol. The third-order valence-corrected chi connectivity index (χ3v) is 2.04. The molecule has 0 spiro atoms. The second-order valence-electron chi connectivity index (χ2n) is 2.99. The van der Waals surface area contributed by atoms with E-state index in [1.165, 1.54) is 0 Å². The maximum Gasteiger partial charge on any atom is 0.239 e. The fourth-order valence-electron chi connectivity index (χ4n) is 1.38. The van der Waals surface area contributed by atoms with Crippen LogP contribution in [0.25, 0.3) is 0 Å². The molecule has 13 heavy (non-hydrogen) atoms. The number of para-hydroxylation sites is 1. The SMILES string of the molecule is O=C1CCC(F)Oc2ccccc21. The first kappa shape index (κ1) is 8.23. The normalized spacial score (nSPS) is 21.6. The summed E-state index contributed by atoms with van der Waals surface area (Å²) in [5, 5.41) is 0. The number of benzene rings is 1. The van der Waals surface area contributed by atoms with Crippen molar-refractivity contribution in [1.82, 2.24) is 0 Å². The minimum atomic E-state index is -1.35. The number of halogens is 1. The van der Waals surface area contributed by atoms with Crippen molar-refractivity contribution in [2.75, 3.05) is 0 Å². The van der Waals surface area contributed by atoms with Gasteiger partial charge >= 0.3 is 0 Å². The molecule has 0 N–H and O–H groups in total. The van der Waals surface area contributed by atoms with E-state index >= 15 is 0 Å². The fourth-order valence-corrected chi connectivity index (χ4v) is 1.38. The van der Waals surface area contributed by atoms with Crippen molar-refractivity contribution in [2.24, 2.45) is 0 Å². The highest BCUT2D eigenvalue weighted by Crippen LogP contribution is 2.26. The molecule has 68 valence electrons. The number of hydrogen-bond donors (Lipinski definition) is 0. The van der Waals surface area contributed by atoms with Crippen molar-refractivity contribution in [3.05, 3.63) is 29.8 Å².